The average Bonchev–Trinajstić information content (AvgIpc) is 3.50. The molecule has 2 aliphatic heterocycles. The van der Waals surface area contributed by atoms with Crippen molar-refractivity contribution in [2.45, 2.75) is 32.4 Å². The Morgan fingerprint density at radius 3 is 2.91 bits per heavy atom. The predicted octanol–water partition coefficient (Wildman–Crippen LogP) is 2.37. The van der Waals surface area contributed by atoms with Gasteiger partial charge in [-0.3, -0.25) is 4.79 Å². The Hall–Kier alpha value is -3.24. The van der Waals surface area contributed by atoms with Crippen LogP contribution in [0.15, 0.2) is 36.7 Å². The highest BCUT2D eigenvalue weighted by Gasteiger charge is 2.34. The molecule has 2 aromatic heterocycles. The lowest BCUT2D eigenvalue weighted by molar-refractivity contribution is -0.120. The SMILES string of the molecule is COc1ccc(CN(C[C@@H]2CCCO2)C(=O)c2nc3ncccn3n2)cc1OCC1(C)COC1. The first kappa shape index (κ1) is 22.5. The topological polar surface area (TPSA) is 100 Å². The summed E-state index contributed by atoms with van der Waals surface area (Å²) >= 11 is 0. The zero-order valence-electron chi connectivity index (χ0n) is 19.5. The highest BCUT2D eigenvalue weighted by atomic mass is 16.5. The second kappa shape index (κ2) is 9.55. The number of aromatic nitrogens is 4. The van der Waals surface area contributed by atoms with Crippen LogP contribution in [0, 0.1) is 5.41 Å². The number of hydrogen-bond acceptors (Lipinski definition) is 8. The molecule has 0 N–H and O–H groups in total. The van der Waals surface area contributed by atoms with E-state index in [1.54, 1.807) is 30.5 Å². The van der Waals surface area contributed by atoms with Crippen LogP contribution in [0.1, 0.15) is 35.9 Å². The van der Waals surface area contributed by atoms with Crippen LogP contribution in [0.4, 0.5) is 0 Å². The van der Waals surface area contributed by atoms with Crippen molar-refractivity contribution in [2.75, 3.05) is 40.1 Å². The number of carbonyl (C=O) groups is 1. The van der Waals surface area contributed by atoms with Gasteiger partial charge in [0.15, 0.2) is 11.5 Å². The Labute approximate surface area is 197 Å². The van der Waals surface area contributed by atoms with E-state index in [0.29, 0.717) is 56.8 Å². The Morgan fingerprint density at radius 2 is 2.21 bits per heavy atom. The lowest BCUT2D eigenvalue weighted by atomic mass is 9.90. The van der Waals surface area contributed by atoms with E-state index in [1.165, 1.54) is 4.52 Å². The predicted molar refractivity (Wildman–Crippen MR) is 122 cm³/mol. The second-order valence-electron chi connectivity index (χ2n) is 9.20. The molecule has 0 radical (unpaired) electrons. The number of rotatable bonds is 9. The summed E-state index contributed by atoms with van der Waals surface area (Å²) in [4.78, 5) is 23.7. The van der Waals surface area contributed by atoms with Gasteiger partial charge in [-0.1, -0.05) is 13.0 Å². The zero-order chi connectivity index (χ0) is 23.5. The summed E-state index contributed by atoms with van der Waals surface area (Å²) in [5.74, 6) is 1.53. The summed E-state index contributed by atoms with van der Waals surface area (Å²) in [5.41, 5.74) is 0.921. The summed E-state index contributed by atoms with van der Waals surface area (Å²) in [5, 5.41) is 4.32. The molecule has 2 aliphatic rings. The highest BCUT2D eigenvalue weighted by Crippen LogP contribution is 2.33. The molecule has 1 aromatic carbocycles. The minimum absolute atomic E-state index is 0.00561. The normalized spacial score (nSPS) is 19.1. The van der Waals surface area contributed by atoms with Crippen molar-refractivity contribution >= 4 is 11.7 Å². The molecule has 10 heteroatoms. The maximum Gasteiger partial charge on any atom is 0.293 e. The van der Waals surface area contributed by atoms with Gasteiger partial charge in [-0.2, -0.15) is 4.98 Å². The number of nitrogens with zero attached hydrogens (tertiary/aromatic N) is 5. The monoisotopic (exact) mass is 467 g/mol. The Bertz CT molecular complexity index is 1120. The average molecular weight is 468 g/mol. The van der Waals surface area contributed by atoms with E-state index in [2.05, 4.69) is 22.0 Å². The van der Waals surface area contributed by atoms with Gasteiger partial charge in [-0.25, -0.2) is 9.50 Å². The van der Waals surface area contributed by atoms with Crippen LogP contribution in [0.25, 0.3) is 5.78 Å². The van der Waals surface area contributed by atoms with Gasteiger partial charge in [0.05, 0.1) is 33.0 Å². The van der Waals surface area contributed by atoms with Gasteiger partial charge in [-0.05, 0) is 36.6 Å². The lowest BCUT2D eigenvalue weighted by Crippen LogP contribution is -2.44. The Kier molecular flexibility index (Phi) is 6.34. The number of methoxy groups -OCH3 is 1. The summed E-state index contributed by atoms with van der Waals surface area (Å²) < 4.78 is 24.2. The lowest BCUT2D eigenvalue weighted by Gasteiger charge is -2.37. The first-order chi connectivity index (χ1) is 16.5. The van der Waals surface area contributed by atoms with Crippen molar-refractivity contribution < 1.29 is 23.7 Å². The number of hydrogen-bond donors (Lipinski definition) is 0. The Morgan fingerprint density at radius 1 is 1.32 bits per heavy atom. The fourth-order valence-electron chi connectivity index (χ4n) is 4.16. The summed E-state index contributed by atoms with van der Waals surface area (Å²) in [6.07, 6.45) is 5.24. The van der Waals surface area contributed by atoms with Gasteiger partial charge in [0.1, 0.15) is 0 Å². The third-order valence-electron chi connectivity index (χ3n) is 6.12. The molecular weight excluding hydrogens is 438 g/mol. The van der Waals surface area contributed by atoms with E-state index < -0.39 is 0 Å². The fraction of sp³-hybridized carbons (Fsp3) is 0.500. The molecule has 2 saturated heterocycles. The molecule has 1 atom stereocenters. The molecule has 180 valence electrons. The van der Waals surface area contributed by atoms with Gasteiger partial charge >= 0.3 is 0 Å². The number of fused-ring (bicyclic) bond motifs is 1. The van der Waals surface area contributed by atoms with Crippen LogP contribution >= 0.6 is 0 Å². The van der Waals surface area contributed by atoms with E-state index in [-0.39, 0.29) is 23.3 Å². The molecule has 0 bridgehead atoms. The molecule has 0 saturated carbocycles. The first-order valence-electron chi connectivity index (χ1n) is 11.5. The van der Waals surface area contributed by atoms with E-state index in [0.717, 1.165) is 18.4 Å². The van der Waals surface area contributed by atoms with E-state index in [1.807, 2.05) is 18.2 Å². The minimum Gasteiger partial charge on any atom is -0.493 e. The van der Waals surface area contributed by atoms with Gasteiger partial charge in [0.25, 0.3) is 11.7 Å². The third-order valence-corrected chi connectivity index (χ3v) is 6.12. The molecule has 0 unspecified atom stereocenters. The largest absolute Gasteiger partial charge is 0.493 e. The van der Waals surface area contributed by atoms with Crippen LogP contribution in [-0.2, 0) is 16.0 Å². The van der Waals surface area contributed by atoms with Gasteiger partial charge < -0.3 is 23.8 Å². The third kappa shape index (κ3) is 4.83. The molecule has 0 spiro atoms. The fourth-order valence-corrected chi connectivity index (χ4v) is 4.16. The van der Waals surface area contributed by atoms with Gasteiger partial charge in [-0.15, -0.1) is 5.10 Å². The molecule has 3 aromatic rings. The molecule has 1 amide bonds. The smallest absolute Gasteiger partial charge is 0.293 e. The summed E-state index contributed by atoms with van der Waals surface area (Å²) in [7, 11) is 1.62. The summed E-state index contributed by atoms with van der Waals surface area (Å²) in [6, 6.07) is 7.48. The zero-order valence-corrected chi connectivity index (χ0v) is 19.5. The van der Waals surface area contributed by atoms with Crippen molar-refractivity contribution in [3.05, 3.63) is 48.0 Å². The standard InChI is InChI=1S/C24H29N5O5/c1-24(14-32-15-24)16-34-20-11-17(6-7-19(20)31-2)12-28(13-18-5-3-10-33-18)22(30)21-26-23-25-8-4-9-29(23)27-21/h4,6-9,11,18H,3,5,10,12-16H2,1-2H3/t18-/m0/s1. The number of benzene rings is 1. The molecule has 4 heterocycles. The van der Waals surface area contributed by atoms with Crippen molar-refractivity contribution in [1.82, 2.24) is 24.5 Å². The maximum absolute atomic E-state index is 13.5. The van der Waals surface area contributed by atoms with Crippen molar-refractivity contribution in [2.24, 2.45) is 5.41 Å². The van der Waals surface area contributed by atoms with E-state index >= 15 is 0 Å². The van der Waals surface area contributed by atoms with Crippen molar-refractivity contribution in [3.8, 4) is 11.5 Å². The van der Waals surface area contributed by atoms with Crippen LogP contribution < -0.4 is 9.47 Å². The Balaban J connectivity index is 1.37. The maximum atomic E-state index is 13.5. The van der Waals surface area contributed by atoms with Gasteiger partial charge in [0, 0.05) is 37.5 Å². The van der Waals surface area contributed by atoms with Crippen molar-refractivity contribution in [3.63, 3.8) is 0 Å². The molecule has 34 heavy (non-hydrogen) atoms. The van der Waals surface area contributed by atoms with Crippen LogP contribution in [0.3, 0.4) is 0 Å². The second-order valence-corrected chi connectivity index (χ2v) is 9.20. The number of ether oxygens (including phenoxy) is 4. The quantitative estimate of drug-likeness (QED) is 0.473. The van der Waals surface area contributed by atoms with Crippen LogP contribution in [-0.4, -0.2) is 76.6 Å². The van der Waals surface area contributed by atoms with E-state index in [4.69, 9.17) is 18.9 Å². The van der Waals surface area contributed by atoms with Crippen molar-refractivity contribution in [1.29, 1.82) is 0 Å². The first-order valence-corrected chi connectivity index (χ1v) is 11.5. The highest BCUT2D eigenvalue weighted by molar-refractivity contribution is 5.90. The molecular formula is C24H29N5O5. The van der Waals surface area contributed by atoms with Crippen LogP contribution in [0.2, 0.25) is 0 Å². The molecule has 5 rings (SSSR count). The van der Waals surface area contributed by atoms with E-state index in [9.17, 15) is 4.79 Å². The molecule has 2 fully saturated rings. The molecule has 10 nitrogen and oxygen atoms in total. The molecule has 0 aliphatic carbocycles. The number of amides is 1. The van der Waals surface area contributed by atoms with Gasteiger partial charge in [0.2, 0.25) is 5.82 Å². The van der Waals surface area contributed by atoms with Crippen LogP contribution in [0.5, 0.6) is 11.5 Å². The summed E-state index contributed by atoms with van der Waals surface area (Å²) in [6.45, 7) is 5.56. The minimum atomic E-state index is -0.265. The number of carbonyl (C=O) groups excluding carboxylic acids is 1.